The summed E-state index contributed by atoms with van der Waals surface area (Å²) in [6.45, 7) is 4.04. The number of ether oxygens (including phenoxy) is 1. The molecule has 1 atom stereocenters. The predicted octanol–water partition coefficient (Wildman–Crippen LogP) is 3.48. The van der Waals surface area contributed by atoms with Crippen LogP contribution in [0, 0.1) is 6.92 Å². The van der Waals surface area contributed by atoms with Gasteiger partial charge in [-0.05, 0) is 38.1 Å². The summed E-state index contributed by atoms with van der Waals surface area (Å²) < 4.78 is 13.0. The fourth-order valence-corrected chi connectivity index (χ4v) is 3.09. The van der Waals surface area contributed by atoms with Gasteiger partial charge in [-0.1, -0.05) is 0 Å². The van der Waals surface area contributed by atoms with Crippen molar-refractivity contribution in [1.82, 2.24) is 19.7 Å². The number of nitrogens with zero attached hydrogens (tertiary/aromatic N) is 4. The zero-order chi connectivity index (χ0) is 19.0. The maximum Gasteiger partial charge on any atom is 0.224 e. The molecule has 0 aliphatic rings. The van der Waals surface area contributed by atoms with Crippen molar-refractivity contribution < 1.29 is 9.15 Å². The van der Waals surface area contributed by atoms with E-state index in [1.54, 1.807) is 30.3 Å². The third-order valence-electron chi connectivity index (χ3n) is 4.41. The number of methoxy groups -OCH3 is 1. The molecule has 0 amide bonds. The van der Waals surface area contributed by atoms with Crippen molar-refractivity contribution in [1.29, 1.82) is 0 Å². The van der Waals surface area contributed by atoms with Crippen LogP contribution in [-0.2, 0) is 0 Å². The number of nitrogen functional groups attached to an aromatic ring is 1. The van der Waals surface area contributed by atoms with Crippen LogP contribution in [-0.4, -0.2) is 26.9 Å². The third kappa shape index (κ3) is 3.17. The third-order valence-corrected chi connectivity index (χ3v) is 4.41. The highest BCUT2D eigenvalue weighted by molar-refractivity contribution is 5.83. The summed E-state index contributed by atoms with van der Waals surface area (Å²) in [4.78, 5) is 8.49. The summed E-state index contributed by atoms with van der Waals surface area (Å²) in [7, 11) is 1.65. The van der Waals surface area contributed by atoms with Gasteiger partial charge in [0.05, 0.1) is 13.2 Å². The average molecular weight is 364 g/mol. The molecule has 1 aromatic carbocycles. The van der Waals surface area contributed by atoms with Crippen LogP contribution in [0.1, 0.15) is 24.3 Å². The first kappa shape index (κ1) is 16.9. The number of aryl methyl sites for hydroxylation is 1. The van der Waals surface area contributed by atoms with Crippen LogP contribution < -0.4 is 15.8 Å². The SMILES string of the molecule is COc1ccc2oc([C@H](C)Nc3cc(-n4cccn4)nc(N)n3)c(C)c2c1. The average Bonchev–Trinajstić information content (AvgIpc) is 3.29. The summed E-state index contributed by atoms with van der Waals surface area (Å²) in [5.41, 5.74) is 7.73. The van der Waals surface area contributed by atoms with Crippen LogP contribution in [0.5, 0.6) is 5.75 Å². The molecule has 3 aromatic heterocycles. The molecule has 0 saturated heterocycles. The molecule has 0 fully saturated rings. The van der Waals surface area contributed by atoms with Crippen molar-refractivity contribution in [3.63, 3.8) is 0 Å². The highest BCUT2D eigenvalue weighted by Gasteiger charge is 2.18. The van der Waals surface area contributed by atoms with Crippen LogP contribution in [0.4, 0.5) is 11.8 Å². The van der Waals surface area contributed by atoms with Crippen molar-refractivity contribution in [3.8, 4) is 11.6 Å². The lowest BCUT2D eigenvalue weighted by atomic mass is 10.1. The minimum absolute atomic E-state index is 0.122. The normalized spacial score (nSPS) is 12.3. The van der Waals surface area contributed by atoms with Gasteiger partial charge in [0.2, 0.25) is 5.95 Å². The molecule has 0 spiro atoms. The zero-order valence-electron chi connectivity index (χ0n) is 15.3. The van der Waals surface area contributed by atoms with Crippen molar-refractivity contribution in [2.75, 3.05) is 18.2 Å². The second kappa shape index (κ2) is 6.64. The molecule has 3 heterocycles. The predicted molar refractivity (Wildman–Crippen MR) is 103 cm³/mol. The quantitative estimate of drug-likeness (QED) is 0.558. The van der Waals surface area contributed by atoms with E-state index in [4.69, 9.17) is 14.9 Å². The Bertz CT molecular complexity index is 1090. The minimum atomic E-state index is -0.122. The lowest BCUT2D eigenvalue weighted by Crippen LogP contribution is -2.11. The molecule has 0 aliphatic carbocycles. The van der Waals surface area contributed by atoms with Crippen molar-refractivity contribution in [3.05, 3.63) is 54.0 Å². The van der Waals surface area contributed by atoms with E-state index in [1.165, 1.54) is 0 Å². The molecule has 8 nitrogen and oxygen atoms in total. The number of anilines is 2. The van der Waals surface area contributed by atoms with E-state index in [-0.39, 0.29) is 12.0 Å². The van der Waals surface area contributed by atoms with Crippen LogP contribution in [0.15, 0.2) is 47.1 Å². The van der Waals surface area contributed by atoms with Gasteiger partial charge in [-0.25, -0.2) is 4.68 Å². The lowest BCUT2D eigenvalue weighted by Gasteiger charge is -2.14. The maximum atomic E-state index is 6.05. The Hall–Kier alpha value is -3.55. The molecule has 0 radical (unpaired) electrons. The molecule has 8 heteroatoms. The van der Waals surface area contributed by atoms with Gasteiger partial charge in [0, 0.05) is 29.4 Å². The Morgan fingerprint density at radius 1 is 1.26 bits per heavy atom. The molecular formula is C19H20N6O2. The van der Waals surface area contributed by atoms with E-state index in [0.717, 1.165) is 28.0 Å². The first-order valence-corrected chi connectivity index (χ1v) is 8.53. The number of hydrogen-bond acceptors (Lipinski definition) is 7. The number of benzene rings is 1. The number of aromatic nitrogens is 4. The summed E-state index contributed by atoms with van der Waals surface area (Å²) in [5, 5.41) is 8.54. The van der Waals surface area contributed by atoms with Crippen LogP contribution >= 0.6 is 0 Å². The topological polar surface area (TPSA) is 104 Å². The van der Waals surface area contributed by atoms with Crippen molar-refractivity contribution in [2.45, 2.75) is 19.9 Å². The Kier molecular flexibility index (Phi) is 4.15. The van der Waals surface area contributed by atoms with Gasteiger partial charge < -0.3 is 20.2 Å². The molecule has 3 N–H and O–H groups in total. The number of rotatable bonds is 5. The zero-order valence-corrected chi connectivity index (χ0v) is 15.3. The van der Waals surface area contributed by atoms with Crippen molar-refractivity contribution >= 4 is 22.7 Å². The van der Waals surface area contributed by atoms with Crippen LogP contribution in [0.25, 0.3) is 16.8 Å². The maximum absolute atomic E-state index is 6.05. The van der Waals surface area contributed by atoms with Crippen LogP contribution in [0.2, 0.25) is 0 Å². The monoisotopic (exact) mass is 364 g/mol. The summed E-state index contributed by atoms with van der Waals surface area (Å²) in [6.07, 6.45) is 3.48. The number of fused-ring (bicyclic) bond motifs is 1. The summed E-state index contributed by atoms with van der Waals surface area (Å²) in [6, 6.07) is 9.26. The molecule has 138 valence electrons. The first-order chi connectivity index (χ1) is 13.0. The number of nitrogens with two attached hydrogens (primary N) is 1. The van der Waals surface area contributed by atoms with E-state index in [0.29, 0.717) is 11.6 Å². The highest BCUT2D eigenvalue weighted by atomic mass is 16.5. The van der Waals surface area contributed by atoms with Crippen LogP contribution in [0.3, 0.4) is 0 Å². The largest absolute Gasteiger partial charge is 0.497 e. The second-order valence-corrected chi connectivity index (χ2v) is 6.24. The Morgan fingerprint density at radius 2 is 2.11 bits per heavy atom. The Balaban J connectivity index is 1.65. The van der Waals surface area contributed by atoms with E-state index < -0.39 is 0 Å². The lowest BCUT2D eigenvalue weighted by molar-refractivity contribution is 0.415. The van der Waals surface area contributed by atoms with Gasteiger partial charge in [-0.3, -0.25) is 0 Å². The Labute approximate surface area is 156 Å². The van der Waals surface area contributed by atoms with Gasteiger partial charge in [0.1, 0.15) is 22.9 Å². The molecule has 0 unspecified atom stereocenters. The summed E-state index contributed by atoms with van der Waals surface area (Å²) >= 11 is 0. The van der Waals surface area contributed by atoms with E-state index in [2.05, 4.69) is 20.4 Å². The second-order valence-electron chi connectivity index (χ2n) is 6.24. The number of hydrogen-bond donors (Lipinski definition) is 2. The minimum Gasteiger partial charge on any atom is -0.497 e. The molecular weight excluding hydrogens is 344 g/mol. The fourth-order valence-electron chi connectivity index (χ4n) is 3.09. The number of nitrogens with one attached hydrogen (secondary N) is 1. The molecule has 0 saturated carbocycles. The van der Waals surface area contributed by atoms with Crippen molar-refractivity contribution in [2.24, 2.45) is 0 Å². The van der Waals surface area contributed by atoms with Gasteiger partial charge in [-0.15, -0.1) is 0 Å². The van der Waals surface area contributed by atoms with Gasteiger partial charge in [-0.2, -0.15) is 15.1 Å². The van der Waals surface area contributed by atoms with E-state index >= 15 is 0 Å². The van der Waals surface area contributed by atoms with E-state index in [9.17, 15) is 0 Å². The Morgan fingerprint density at radius 3 is 2.85 bits per heavy atom. The molecule has 27 heavy (non-hydrogen) atoms. The smallest absolute Gasteiger partial charge is 0.224 e. The number of furan rings is 1. The molecule has 0 bridgehead atoms. The van der Waals surface area contributed by atoms with E-state index in [1.807, 2.05) is 38.1 Å². The fraction of sp³-hybridized carbons (Fsp3) is 0.211. The van der Waals surface area contributed by atoms with Gasteiger partial charge >= 0.3 is 0 Å². The van der Waals surface area contributed by atoms with Gasteiger partial charge in [0.25, 0.3) is 0 Å². The standard InChI is InChI=1S/C19H20N6O2/c1-11-14-9-13(26-3)5-6-15(14)27-18(11)12(2)22-16-10-17(24-19(20)23-16)25-8-4-7-21-25/h4-10,12H,1-3H3,(H3,20,22,23,24)/t12-/m0/s1. The summed E-state index contributed by atoms with van der Waals surface area (Å²) in [5.74, 6) is 2.98. The highest BCUT2D eigenvalue weighted by Crippen LogP contribution is 2.33. The molecule has 0 aliphatic heterocycles. The van der Waals surface area contributed by atoms with Gasteiger partial charge in [0.15, 0.2) is 5.82 Å². The molecule has 4 rings (SSSR count). The first-order valence-electron chi connectivity index (χ1n) is 8.53. The molecule has 4 aromatic rings.